The van der Waals surface area contributed by atoms with Crippen molar-refractivity contribution >= 4 is 5.84 Å². The lowest BCUT2D eigenvalue weighted by molar-refractivity contribution is 0.467. The van der Waals surface area contributed by atoms with E-state index in [1.807, 2.05) is 0 Å². The van der Waals surface area contributed by atoms with Crippen LogP contribution in [0.15, 0.2) is 46.4 Å². The minimum atomic E-state index is -0.519. The molecule has 18 heavy (non-hydrogen) atoms. The molecule has 0 saturated carbocycles. The SMILES string of the molecule is N/N=C(\N)c1ccc(-c2c[nH]c(=O)c(O)c2)cc1. The highest BCUT2D eigenvalue weighted by atomic mass is 16.3. The Balaban J connectivity index is 2.40. The van der Waals surface area contributed by atoms with Crippen LogP contribution in [-0.2, 0) is 0 Å². The van der Waals surface area contributed by atoms with E-state index in [-0.39, 0.29) is 11.6 Å². The fourth-order valence-corrected chi connectivity index (χ4v) is 1.55. The highest BCUT2D eigenvalue weighted by Crippen LogP contribution is 2.20. The molecule has 6 N–H and O–H groups in total. The highest BCUT2D eigenvalue weighted by Gasteiger charge is 2.03. The second-order valence-electron chi connectivity index (χ2n) is 3.69. The molecule has 92 valence electrons. The predicted octanol–water partition coefficient (Wildman–Crippen LogP) is 0.327. The van der Waals surface area contributed by atoms with E-state index in [4.69, 9.17) is 11.6 Å². The lowest BCUT2D eigenvalue weighted by atomic mass is 10.1. The van der Waals surface area contributed by atoms with Gasteiger partial charge in [0.2, 0.25) is 0 Å². The number of hydrogen-bond acceptors (Lipinski definition) is 4. The number of aromatic amines is 1. The summed E-state index contributed by atoms with van der Waals surface area (Å²) < 4.78 is 0. The van der Waals surface area contributed by atoms with E-state index >= 15 is 0 Å². The van der Waals surface area contributed by atoms with Crippen molar-refractivity contribution in [3.8, 4) is 16.9 Å². The van der Waals surface area contributed by atoms with Crippen LogP contribution >= 0.6 is 0 Å². The van der Waals surface area contributed by atoms with Crippen molar-refractivity contribution in [1.29, 1.82) is 0 Å². The number of aromatic nitrogens is 1. The van der Waals surface area contributed by atoms with Gasteiger partial charge >= 0.3 is 0 Å². The predicted molar refractivity (Wildman–Crippen MR) is 69.1 cm³/mol. The van der Waals surface area contributed by atoms with Crippen molar-refractivity contribution in [1.82, 2.24) is 4.98 Å². The zero-order chi connectivity index (χ0) is 13.1. The smallest absolute Gasteiger partial charge is 0.290 e. The van der Waals surface area contributed by atoms with E-state index in [0.29, 0.717) is 11.1 Å². The van der Waals surface area contributed by atoms with Gasteiger partial charge < -0.3 is 21.7 Å². The van der Waals surface area contributed by atoms with Crippen LogP contribution in [0.5, 0.6) is 5.75 Å². The van der Waals surface area contributed by atoms with Crippen LogP contribution < -0.4 is 17.1 Å². The first-order valence-electron chi connectivity index (χ1n) is 5.17. The van der Waals surface area contributed by atoms with Crippen LogP contribution in [0.25, 0.3) is 11.1 Å². The second kappa shape index (κ2) is 4.62. The number of rotatable bonds is 2. The van der Waals surface area contributed by atoms with E-state index in [1.165, 1.54) is 12.3 Å². The van der Waals surface area contributed by atoms with Gasteiger partial charge in [0.25, 0.3) is 5.56 Å². The number of nitrogens with zero attached hydrogens (tertiary/aromatic N) is 1. The van der Waals surface area contributed by atoms with E-state index in [0.717, 1.165) is 5.56 Å². The zero-order valence-electron chi connectivity index (χ0n) is 9.42. The van der Waals surface area contributed by atoms with Crippen LogP contribution in [0.2, 0.25) is 0 Å². The largest absolute Gasteiger partial charge is 0.503 e. The van der Waals surface area contributed by atoms with E-state index in [1.54, 1.807) is 24.3 Å². The Hall–Kier alpha value is -2.76. The fraction of sp³-hybridized carbons (Fsp3) is 0. The maximum Gasteiger partial charge on any atom is 0.290 e. The molecule has 0 atom stereocenters. The Morgan fingerprint density at radius 3 is 2.44 bits per heavy atom. The highest BCUT2D eigenvalue weighted by molar-refractivity contribution is 5.97. The molecule has 1 aromatic carbocycles. The Labute approximate surface area is 103 Å². The van der Waals surface area contributed by atoms with Crippen LogP contribution in [-0.4, -0.2) is 15.9 Å². The van der Waals surface area contributed by atoms with E-state index in [2.05, 4.69) is 10.1 Å². The molecule has 0 aliphatic heterocycles. The van der Waals surface area contributed by atoms with Gasteiger partial charge in [0, 0.05) is 17.3 Å². The number of nitrogens with two attached hydrogens (primary N) is 2. The van der Waals surface area contributed by atoms with Gasteiger partial charge in [-0.15, -0.1) is 0 Å². The molecular weight excluding hydrogens is 232 g/mol. The number of nitrogens with one attached hydrogen (secondary N) is 1. The van der Waals surface area contributed by atoms with Gasteiger partial charge in [-0.3, -0.25) is 4.79 Å². The lowest BCUT2D eigenvalue weighted by Gasteiger charge is -2.04. The average Bonchev–Trinajstić information content (AvgIpc) is 2.41. The third kappa shape index (κ3) is 2.17. The van der Waals surface area contributed by atoms with Gasteiger partial charge in [-0.1, -0.05) is 24.3 Å². The van der Waals surface area contributed by atoms with Crippen molar-refractivity contribution in [2.45, 2.75) is 0 Å². The topological polar surface area (TPSA) is 117 Å². The van der Waals surface area contributed by atoms with Crippen LogP contribution in [0.1, 0.15) is 5.56 Å². The summed E-state index contributed by atoms with van der Waals surface area (Å²) in [6.07, 6.45) is 1.53. The molecule has 0 bridgehead atoms. The number of pyridine rings is 1. The van der Waals surface area contributed by atoms with Crippen molar-refractivity contribution in [3.63, 3.8) is 0 Å². The molecular formula is C12H12N4O2. The first-order valence-corrected chi connectivity index (χ1v) is 5.17. The third-order valence-corrected chi connectivity index (χ3v) is 2.54. The molecule has 0 spiro atoms. The van der Waals surface area contributed by atoms with Crippen LogP contribution in [0.3, 0.4) is 0 Å². The molecule has 6 heteroatoms. The summed E-state index contributed by atoms with van der Waals surface area (Å²) in [6, 6.07) is 8.49. The third-order valence-electron chi connectivity index (χ3n) is 2.54. The summed E-state index contributed by atoms with van der Waals surface area (Å²) in [5.74, 6) is 5.00. The van der Waals surface area contributed by atoms with E-state index in [9.17, 15) is 9.90 Å². The summed E-state index contributed by atoms with van der Waals surface area (Å²) in [6.45, 7) is 0. The van der Waals surface area contributed by atoms with Gasteiger partial charge in [-0.25, -0.2) is 0 Å². The molecule has 2 aromatic rings. The maximum absolute atomic E-state index is 11.0. The monoisotopic (exact) mass is 244 g/mol. The Morgan fingerprint density at radius 1 is 1.22 bits per heavy atom. The van der Waals surface area contributed by atoms with Crippen molar-refractivity contribution in [2.24, 2.45) is 16.7 Å². The molecule has 0 aliphatic carbocycles. The fourth-order valence-electron chi connectivity index (χ4n) is 1.55. The lowest BCUT2D eigenvalue weighted by Crippen LogP contribution is -2.15. The molecule has 6 nitrogen and oxygen atoms in total. The summed E-state index contributed by atoms with van der Waals surface area (Å²) in [7, 11) is 0. The van der Waals surface area contributed by atoms with Crippen LogP contribution in [0.4, 0.5) is 0 Å². The molecule has 0 aliphatic rings. The summed E-state index contributed by atoms with van der Waals surface area (Å²) in [4.78, 5) is 13.5. The van der Waals surface area contributed by atoms with Gasteiger partial charge in [0.15, 0.2) is 5.75 Å². The van der Waals surface area contributed by atoms with Gasteiger partial charge in [-0.05, 0) is 11.6 Å². The zero-order valence-corrected chi connectivity index (χ0v) is 9.42. The number of aromatic hydroxyl groups is 1. The van der Waals surface area contributed by atoms with Crippen molar-refractivity contribution in [3.05, 3.63) is 52.4 Å². The molecule has 1 heterocycles. The van der Waals surface area contributed by atoms with E-state index < -0.39 is 5.56 Å². The minimum absolute atomic E-state index is 0.242. The number of hydrazone groups is 1. The molecule has 0 unspecified atom stereocenters. The molecule has 1 aromatic heterocycles. The molecule has 0 fully saturated rings. The number of amidine groups is 1. The molecule has 0 radical (unpaired) electrons. The number of H-pyrrole nitrogens is 1. The Bertz CT molecular complexity index is 644. The van der Waals surface area contributed by atoms with Gasteiger partial charge in [0.1, 0.15) is 5.84 Å². The van der Waals surface area contributed by atoms with Crippen molar-refractivity contribution in [2.75, 3.05) is 0 Å². The Morgan fingerprint density at radius 2 is 1.89 bits per heavy atom. The quantitative estimate of drug-likeness (QED) is 0.263. The summed E-state index contributed by atoms with van der Waals surface area (Å²) in [5.41, 5.74) is 7.27. The van der Waals surface area contributed by atoms with Crippen molar-refractivity contribution < 1.29 is 5.11 Å². The first-order chi connectivity index (χ1) is 8.61. The van der Waals surface area contributed by atoms with Gasteiger partial charge in [0.05, 0.1) is 0 Å². The maximum atomic E-state index is 11.0. The number of hydrogen-bond donors (Lipinski definition) is 4. The number of benzene rings is 1. The normalized spacial score (nSPS) is 11.4. The summed E-state index contributed by atoms with van der Waals surface area (Å²) >= 11 is 0. The standard InChI is InChI=1S/C12H12N4O2/c13-11(16-14)8-3-1-7(2-4-8)9-5-10(17)12(18)15-6-9/h1-6,17H,14H2,(H2,13,16)(H,15,18). The van der Waals surface area contributed by atoms with Crippen LogP contribution in [0, 0.1) is 0 Å². The Kier molecular flexibility index (Phi) is 3.01. The molecule has 0 saturated heterocycles. The molecule has 2 rings (SSSR count). The minimum Gasteiger partial charge on any atom is -0.503 e. The molecule has 0 amide bonds. The van der Waals surface area contributed by atoms with Gasteiger partial charge in [-0.2, -0.15) is 5.10 Å². The second-order valence-corrected chi connectivity index (χ2v) is 3.69. The summed E-state index contributed by atoms with van der Waals surface area (Å²) in [5, 5.41) is 12.7. The average molecular weight is 244 g/mol. The first kappa shape index (κ1) is 11.7.